The first-order chi connectivity index (χ1) is 6.69. The molecule has 1 fully saturated rings. The van der Waals surface area contributed by atoms with E-state index in [1.165, 1.54) is 11.1 Å². The smallest absolute Gasteiger partial charge is 0.137 e. The molecule has 0 aromatic heterocycles. The standard InChI is InChI=1S/C13H14O/c1-13-7-10(12(14)8-13)6-9-4-2-3-5-11(9)13/h2-5,10H,6-8H2,1H3. The molecule has 0 saturated heterocycles. The van der Waals surface area contributed by atoms with Crippen LogP contribution >= 0.6 is 0 Å². The van der Waals surface area contributed by atoms with Crippen LogP contribution in [0, 0.1) is 5.92 Å². The topological polar surface area (TPSA) is 17.1 Å². The third-order valence-corrected chi connectivity index (χ3v) is 3.85. The molecule has 2 bridgehead atoms. The summed E-state index contributed by atoms with van der Waals surface area (Å²) in [7, 11) is 0. The van der Waals surface area contributed by atoms with Crippen molar-refractivity contribution in [2.75, 3.05) is 0 Å². The molecule has 2 unspecified atom stereocenters. The summed E-state index contributed by atoms with van der Waals surface area (Å²) < 4.78 is 0. The highest BCUT2D eigenvalue weighted by atomic mass is 16.1. The van der Waals surface area contributed by atoms with Gasteiger partial charge in [0.15, 0.2) is 0 Å². The molecule has 1 nitrogen and oxygen atoms in total. The first kappa shape index (κ1) is 8.22. The largest absolute Gasteiger partial charge is 0.299 e. The zero-order chi connectivity index (χ0) is 9.76. The lowest BCUT2D eigenvalue weighted by Gasteiger charge is -2.30. The lowest BCUT2D eigenvalue weighted by molar-refractivity contribution is -0.120. The molecule has 3 rings (SSSR count). The van der Waals surface area contributed by atoms with E-state index in [2.05, 4.69) is 31.2 Å². The molecule has 1 aromatic carbocycles. The molecule has 72 valence electrons. The number of carbonyl (C=O) groups excluding carboxylic acids is 1. The third kappa shape index (κ3) is 0.927. The predicted octanol–water partition coefficient (Wildman–Crippen LogP) is 2.48. The van der Waals surface area contributed by atoms with Crippen LogP contribution in [-0.2, 0) is 16.6 Å². The van der Waals surface area contributed by atoms with Crippen LogP contribution in [-0.4, -0.2) is 5.78 Å². The summed E-state index contributed by atoms with van der Waals surface area (Å²) in [6.45, 7) is 2.24. The molecule has 2 aliphatic carbocycles. The average Bonchev–Trinajstić information content (AvgIpc) is 2.39. The summed E-state index contributed by atoms with van der Waals surface area (Å²) in [5.41, 5.74) is 2.97. The minimum absolute atomic E-state index is 0.149. The lowest BCUT2D eigenvalue weighted by atomic mass is 9.73. The zero-order valence-electron chi connectivity index (χ0n) is 8.42. The van der Waals surface area contributed by atoms with Crippen molar-refractivity contribution in [3.05, 3.63) is 35.4 Å². The second-order valence-electron chi connectivity index (χ2n) is 4.97. The van der Waals surface area contributed by atoms with Gasteiger partial charge >= 0.3 is 0 Å². The van der Waals surface area contributed by atoms with Gasteiger partial charge in [-0.25, -0.2) is 0 Å². The highest BCUT2D eigenvalue weighted by molar-refractivity contribution is 5.86. The van der Waals surface area contributed by atoms with E-state index >= 15 is 0 Å². The van der Waals surface area contributed by atoms with Gasteiger partial charge in [0.25, 0.3) is 0 Å². The Bertz CT molecular complexity index is 407. The van der Waals surface area contributed by atoms with Gasteiger partial charge in [0, 0.05) is 17.8 Å². The summed E-state index contributed by atoms with van der Waals surface area (Å²) in [6.07, 6.45) is 2.81. The van der Waals surface area contributed by atoms with Gasteiger partial charge in [-0.2, -0.15) is 0 Å². The van der Waals surface area contributed by atoms with E-state index in [4.69, 9.17) is 0 Å². The van der Waals surface area contributed by atoms with Crippen molar-refractivity contribution in [3.63, 3.8) is 0 Å². The van der Waals surface area contributed by atoms with Gasteiger partial charge in [-0.05, 0) is 24.0 Å². The number of benzene rings is 1. The molecule has 1 heteroatoms. The fraction of sp³-hybridized carbons (Fsp3) is 0.462. The fourth-order valence-corrected chi connectivity index (χ4v) is 3.20. The van der Waals surface area contributed by atoms with Crippen molar-refractivity contribution in [1.29, 1.82) is 0 Å². The van der Waals surface area contributed by atoms with E-state index < -0.39 is 0 Å². The molecule has 0 amide bonds. The van der Waals surface area contributed by atoms with Crippen molar-refractivity contribution in [1.82, 2.24) is 0 Å². The van der Waals surface area contributed by atoms with Gasteiger partial charge in [0.2, 0.25) is 0 Å². The molecule has 1 saturated carbocycles. The van der Waals surface area contributed by atoms with Crippen LogP contribution in [0.4, 0.5) is 0 Å². The lowest BCUT2D eigenvalue weighted by Crippen LogP contribution is -2.24. The Labute approximate surface area is 84.1 Å². The molecular weight excluding hydrogens is 172 g/mol. The minimum atomic E-state index is 0.149. The molecule has 2 aliphatic rings. The quantitative estimate of drug-likeness (QED) is 0.608. The van der Waals surface area contributed by atoms with Crippen LogP contribution in [0.15, 0.2) is 24.3 Å². The number of hydrogen-bond donors (Lipinski definition) is 0. The van der Waals surface area contributed by atoms with E-state index in [1.807, 2.05) is 0 Å². The number of rotatable bonds is 0. The predicted molar refractivity (Wildman–Crippen MR) is 55.2 cm³/mol. The number of carbonyl (C=O) groups is 1. The van der Waals surface area contributed by atoms with Gasteiger partial charge in [-0.15, -0.1) is 0 Å². The van der Waals surface area contributed by atoms with E-state index in [-0.39, 0.29) is 5.41 Å². The van der Waals surface area contributed by atoms with Crippen molar-refractivity contribution >= 4 is 5.78 Å². The Morgan fingerprint density at radius 3 is 3.00 bits per heavy atom. The van der Waals surface area contributed by atoms with Crippen LogP contribution in [0.2, 0.25) is 0 Å². The van der Waals surface area contributed by atoms with Crippen LogP contribution < -0.4 is 0 Å². The molecule has 0 spiro atoms. The number of Topliss-reactive ketones (excluding diaryl/α,β-unsaturated/α-hetero) is 1. The van der Waals surface area contributed by atoms with E-state index in [1.54, 1.807) is 0 Å². The van der Waals surface area contributed by atoms with Gasteiger partial charge in [0.05, 0.1) is 0 Å². The molecular formula is C13H14O. The van der Waals surface area contributed by atoms with Gasteiger partial charge in [-0.1, -0.05) is 31.2 Å². The monoisotopic (exact) mass is 186 g/mol. The Morgan fingerprint density at radius 2 is 2.14 bits per heavy atom. The summed E-state index contributed by atoms with van der Waals surface area (Å²) in [6, 6.07) is 8.55. The minimum Gasteiger partial charge on any atom is -0.299 e. The number of ketones is 1. The Hall–Kier alpha value is -1.11. The SMILES string of the molecule is CC12CC(=O)C(Cc3ccccc31)C2. The van der Waals surface area contributed by atoms with Crippen molar-refractivity contribution in [2.45, 2.75) is 31.6 Å². The van der Waals surface area contributed by atoms with Crippen LogP contribution in [0.3, 0.4) is 0 Å². The van der Waals surface area contributed by atoms with E-state index in [0.717, 1.165) is 19.3 Å². The van der Waals surface area contributed by atoms with E-state index in [0.29, 0.717) is 11.7 Å². The molecule has 2 atom stereocenters. The van der Waals surface area contributed by atoms with Gasteiger partial charge in [0.1, 0.15) is 5.78 Å². The average molecular weight is 186 g/mol. The maximum Gasteiger partial charge on any atom is 0.137 e. The fourth-order valence-electron chi connectivity index (χ4n) is 3.20. The summed E-state index contributed by atoms with van der Waals surface area (Å²) in [5, 5.41) is 0. The van der Waals surface area contributed by atoms with Crippen molar-refractivity contribution in [3.8, 4) is 0 Å². The molecule has 0 radical (unpaired) electrons. The first-order valence-electron chi connectivity index (χ1n) is 5.30. The highest BCUT2D eigenvalue weighted by Gasteiger charge is 2.46. The van der Waals surface area contributed by atoms with Gasteiger partial charge in [-0.3, -0.25) is 4.79 Å². The summed E-state index contributed by atoms with van der Waals surface area (Å²) in [5.74, 6) is 0.790. The third-order valence-electron chi connectivity index (χ3n) is 3.85. The van der Waals surface area contributed by atoms with E-state index in [9.17, 15) is 4.79 Å². The molecule has 0 heterocycles. The van der Waals surface area contributed by atoms with Crippen LogP contribution in [0.1, 0.15) is 30.9 Å². The normalized spacial score (nSPS) is 34.4. The highest BCUT2D eigenvalue weighted by Crippen LogP contribution is 2.48. The second kappa shape index (κ2) is 2.47. The molecule has 14 heavy (non-hydrogen) atoms. The summed E-state index contributed by atoms with van der Waals surface area (Å²) >= 11 is 0. The van der Waals surface area contributed by atoms with Crippen LogP contribution in [0.5, 0.6) is 0 Å². The molecule has 0 aliphatic heterocycles. The van der Waals surface area contributed by atoms with Crippen molar-refractivity contribution in [2.24, 2.45) is 5.92 Å². The van der Waals surface area contributed by atoms with Crippen molar-refractivity contribution < 1.29 is 4.79 Å². The Balaban J connectivity index is 2.20. The maximum absolute atomic E-state index is 11.7. The first-order valence-corrected chi connectivity index (χ1v) is 5.30. The number of hydrogen-bond acceptors (Lipinski definition) is 1. The van der Waals surface area contributed by atoms with Gasteiger partial charge < -0.3 is 0 Å². The molecule has 1 aromatic rings. The second-order valence-corrected chi connectivity index (χ2v) is 4.97. The Kier molecular flexibility index (Phi) is 1.45. The maximum atomic E-state index is 11.7. The summed E-state index contributed by atoms with van der Waals surface area (Å²) in [4.78, 5) is 11.7. The zero-order valence-corrected chi connectivity index (χ0v) is 8.42. The molecule has 0 N–H and O–H groups in total. The van der Waals surface area contributed by atoms with Crippen LogP contribution in [0.25, 0.3) is 0 Å². The number of fused-ring (bicyclic) bond motifs is 4. The Morgan fingerprint density at radius 1 is 1.36 bits per heavy atom.